The van der Waals surface area contributed by atoms with Gasteiger partial charge in [-0.05, 0) is 82.8 Å². The highest BCUT2D eigenvalue weighted by Crippen LogP contribution is 2.38. The van der Waals surface area contributed by atoms with E-state index in [0.717, 1.165) is 17.8 Å². The lowest BCUT2D eigenvalue weighted by Gasteiger charge is -2.38. The fourth-order valence-electron chi connectivity index (χ4n) is 3.64. The van der Waals surface area contributed by atoms with Crippen LogP contribution in [0.25, 0.3) is 0 Å². The summed E-state index contributed by atoms with van der Waals surface area (Å²) in [5.41, 5.74) is 0.268. The van der Waals surface area contributed by atoms with E-state index in [-0.39, 0.29) is 5.54 Å². The lowest BCUT2D eigenvalue weighted by Crippen LogP contribution is -2.42. The van der Waals surface area contributed by atoms with E-state index in [9.17, 15) is 0 Å². The van der Waals surface area contributed by atoms with Crippen molar-refractivity contribution in [3.05, 3.63) is 0 Å². The molecule has 0 radical (unpaired) electrons. The van der Waals surface area contributed by atoms with Gasteiger partial charge in [-0.2, -0.15) is 11.8 Å². The van der Waals surface area contributed by atoms with Crippen LogP contribution in [0.2, 0.25) is 0 Å². The van der Waals surface area contributed by atoms with Crippen molar-refractivity contribution in [1.29, 1.82) is 0 Å². The summed E-state index contributed by atoms with van der Waals surface area (Å²) in [5.74, 6) is 4.26. The van der Waals surface area contributed by atoms with Crippen molar-refractivity contribution in [2.45, 2.75) is 78.2 Å². The average Bonchev–Trinajstić information content (AvgIpc) is 2.37. The minimum Gasteiger partial charge on any atom is -0.312 e. The first-order valence-corrected chi connectivity index (χ1v) is 10.1. The van der Waals surface area contributed by atoms with Crippen molar-refractivity contribution in [1.82, 2.24) is 5.32 Å². The molecule has 0 saturated heterocycles. The van der Waals surface area contributed by atoms with Crippen LogP contribution in [0.4, 0.5) is 0 Å². The van der Waals surface area contributed by atoms with Crippen LogP contribution >= 0.6 is 11.8 Å². The van der Waals surface area contributed by atoms with Crippen LogP contribution in [0, 0.1) is 17.8 Å². The first-order valence-electron chi connectivity index (χ1n) is 8.70. The van der Waals surface area contributed by atoms with E-state index in [1.807, 2.05) is 11.8 Å². The standard InChI is InChI=1S/C18H37NS/c1-6-8-15-10-11-17(14-19-18(2,3)4)16(13-15)9-7-12-20-5/h15-17,19H,6-14H2,1-5H3. The molecule has 0 amide bonds. The summed E-state index contributed by atoms with van der Waals surface area (Å²) >= 11 is 2.00. The van der Waals surface area contributed by atoms with Crippen LogP contribution in [0.1, 0.15) is 72.6 Å². The van der Waals surface area contributed by atoms with Crippen molar-refractivity contribution in [2.24, 2.45) is 17.8 Å². The molecule has 0 heterocycles. The normalized spacial score (nSPS) is 27.8. The van der Waals surface area contributed by atoms with Gasteiger partial charge in [0.15, 0.2) is 0 Å². The van der Waals surface area contributed by atoms with Gasteiger partial charge in [0, 0.05) is 5.54 Å². The maximum absolute atomic E-state index is 3.75. The number of thioether (sulfide) groups is 1. The third-order valence-electron chi connectivity index (χ3n) is 4.76. The maximum atomic E-state index is 3.75. The summed E-state index contributed by atoms with van der Waals surface area (Å²) in [4.78, 5) is 0. The van der Waals surface area contributed by atoms with Gasteiger partial charge in [0.05, 0.1) is 0 Å². The molecule has 0 bridgehead atoms. The summed E-state index contributed by atoms with van der Waals surface area (Å²) in [6.45, 7) is 10.4. The van der Waals surface area contributed by atoms with Gasteiger partial charge < -0.3 is 5.32 Å². The molecule has 1 fully saturated rings. The Balaban J connectivity index is 2.47. The molecule has 20 heavy (non-hydrogen) atoms. The molecule has 3 unspecified atom stereocenters. The molecule has 0 aromatic rings. The molecule has 1 saturated carbocycles. The number of hydrogen-bond donors (Lipinski definition) is 1. The van der Waals surface area contributed by atoms with Crippen molar-refractivity contribution >= 4 is 11.8 Å². The summed E-state index contributed by atoms with van der Waals surface area (Å²) in [7, 11) is 0. The van der Waals surface area contributed by atoms with Gasteiger partial charge in [0.25, 0.3) is 0 Å². The predicted octanol–water partition coefficient (Wildman–Crippen LogP) is 5.35. The molecule has 1 N–H and O–H groups in total. The molecular formula is C18H37NS. The van der Waals surface area contributed by atoms with Crippen LogP contribution in [-0.4, -0.2) is 24.1 Å². The average molecular weight is 300 g/mol. The lowest BCUT2D eigenvalue weighted by atomic mass is 9.71. The van der Waals surface area contributed by atoms with Gasteiger partial charge in [-0.15, -0.1) is 0 Å². The molecule has 1 rings (SSSR count). The van der Waals surface area contributed by atoms with Crippen molar-refractivity contribution in [2.75, 3.05) is 18.6 Å². The van der Waals surface area contributed by atoms with Gasteiger partial charge >= 0.3 is 0 Å². The Labute approximate surface area is 132 Å². The summed E-state index contributed by atoms with van der Waals surface area (Å²) < 4.78 is 0. The highest BCUT2D eigenvalue weighted by molar-refractivity contribution is 7.98. The molecule has 1 nitrogen and oxygen atoms in total. The minimum atomic E-state index is 0.268. The third-order valence-corrected chi connectivity index (χ3v) is 5.46. The highest BCUT2D eigenvalue weighted by Gasteiger charge is 2.30. The van der Waals surface area contributed by atoms with Crippen LogP contribution in [-0.2, 0) is 0 Å². The molecule has 120 valence electrons. The van der Waals surface area contributed by atoms with E-state index < -0.39 is 0 Å². The zero-order valence-electron chi connectivity index (χ0n) is 14.5. The second-order valence-corrected chi connectivity index (χ2v) is 8.74. The SMILES string of the molecule is CCCC1CCC(CNC(C)(C)C)C(CCCSC)C1. The number of nitrogens with one attached hydrogen (secondary N) is 1. The third kappa shape index (κ3) is 7.36. The molecule has 0 aromatic heterocycles. The van der Waals surface area contributed by atoms with Gasteiger partial charge in [-0.1, -0.05) is 26.2 Å². The Morgan fingerprint density at radius 3 is 2.45 bits per heavy atom. The minimum absolute atomic E-state index is 0.268. The Bertz CT molecular complexity index is 246. The topological polar surface area (TPSA) is 12.0 Å². The van der Waals surface area contributed by atoms with E-state index in [2.05, 4.69) is 39.3 Å². The molecular weight excluding hydrogens is 262 g/mol. The first kappa shape index (κ1) is 18.4. The van der Waals surface area contributed by atoms with E-state index in [4.69, 9.17) is 0 Å². The Hall–Kier alpha value is 0.310. The summed E-state index contributed by atoms with van der Waals surface area (Å²) in [6.07, 6.45) is 12.4. The van der Waals surface area contributed by atoms with Crippen molar-refractivity contribution in [3.8, 4) is 0 Å². The van der Waals surface area contributed by atoms with Gasteiger partial charge in [-0.3, -0.25) is 0 Å². The molecule has 3 atom stereocenters. The highest BCUT2D eigenvalue weighted by atomic mass is 32.2. The molecule has 1 aliphatic rings. The van der Waals surface area contributed by atoms with Crippen LogP contribution < -0.4 is 5.32 Å². The molecule has 0 aliphatic heterocycles. The molecule has 0 spiro atoms. The Morgan fingerprint density at radius 1 is 1.10 bits per heavy atom. The smallest absolute Gasteiger partial charge is 0.00966 e. The van der Waals surface area contributed by atoms with E-state index in [1.165, 1.54) is 57.2 Å². The molecule has 0 aromatic carbocycles. The Morgan fingerprint density at radius 2 is 1.85 bits per heavy atom. The quantitative estimate of drug-likeness (QED) is 0.606. The summed E-state index contributed by atoms with van der Waals surface area (Å²) in [6, 6.07) is 0. The zero-order valence-corrected chi connectivity index (χ0v) is 15.3. The number of hydrogen-bond acceptors (Lipinski definition) is 2. The van der Waals surface area contributed by atoms with Gasteiger partial charge in [0.2, 0.25) is 0 Å². The summed E-state index contributed by atoms with van der Waals surface area (Å²) in [5, 5.41) is 3.75. The van der Waals surface area contributed by atoms with E-state index in [1.54, 1.807) is 0 Å². The van der Waals surface area contributed by atoms with E-state index in [0.29, 0.717) is 0 Å². The fraction of sp³-hybridized carbons (Fsp3) is 1.00. The van der Waals surface area contributed by atoms with Gasteiger partial charge in [0.1, 0.15) is 0 Å². The Kier molecular flexibility index (Phi) is 8.59. The van der Waals surface area contributed by atoms with Crippen molar-refractivity contribution < 1.29 is 0 Å². The van der Waals surface area contributed by atoms with Crippen LogP contribution in [0.5, 0.6) is 0 Å². The second-order valence-electron chi connectivity index (χ2n) is 7.75. The van der Waals surface area contributed by atoms with Crippen LogP contribution in [0.15, 0.2) is 0 Å². The first-order chi connectivity index (χ1) is 9.46. The predicted molar refractivity (Wildman–Crippen MR) is 94.6 cm³/mol. The van der Waals surface area contributed by atoms with E-state index >= 15 is 0 Å². The lowest BCUT2D eigenvalue weighted by molar-refractivity contribution is 0.151. The van der Waals surface area contributed by atoms with Crippen molar-refractivity contribution in [3.63, 3.8) is 0 Å². The molecule has 2 heteroatoms. The largest absolute Gasteiger partial charge is 0.312 e. The fourth-order valence-corrected chi connectivity index (χ4v) is 4.10. The zero-order chi connectivity index (χ0) is 15.0. The second kappa shape index (κ2) is 9.35. The monoisotopic (exact) mass is 299 g/mol. The van der Waals surface area contributed by atoms with Gasteiger partial charge in [-0.25, -0.2) is 0 Å². The van der Waals surface area contributed by atoms with Crippen LogP contribution in [0.3, 0.4) is 0 Å². The molecule has 1 aliphatic carbocycles. The number of rotatable bonds is 8. The maximum Gasteiger partial charge on any atom is 0.00966 e.